The molecule has 34 valence electrons. The normalized spacial score (nSPS) is 8.33. The van der Waals surface area contributed by atoms with Crippen LogP contribution in [0.5, 0.6) is 0 Å². The lowest BCUT2D eigenvalue weighted by Gasteiger charge is -1.97. The third-order valence-electron chi connectivity index (χ3n) is 0.456. The molecule has 0 spiro atoms. The van der Waals surface area contributed by atoms with Crippen LogP contribution in [-0.2, 0) is 0 Å². The Morgan fingerprint density at radius 2 is 2.17 bits per heavy atom. The Morgan fingerprint density at radius 3 is 2.17 bits per heavy atom. The molecule has 0 aliphatic carbocycles. The SMILES string of the molecule is C#CC[NH+](C)C. The molecule has 0 atom stereocenters. The molecule has 0 unspecified atom stereocenters. The Balaban J connectivity index is 2.88. The molecule has 0 heterocycles. The van der Waals surface area contributed by atoms with Crippen molar-refractivity contribution in [3.63, 3.8) is 0 Å². The summed E-state index contributed by atoms with van der Waals surface area (Å²) in [6.07, 6.45) is 4.96. The molecular formula is C5H10N+. The zero-order chi connectivity index (χ0) is 4.99. The van der Waals surface area contributed by atoms with Gasteiger partial charge in [0.25, 0.3) is 0 Å². The third-order valence-corrected chi connectivity index (χ3v) is 0.456. The van der Waals surface area contributed by atoms with E-state index in [0.29, 0.717) is 0 Å². The smallest absolute Gasteiger partial charge is 0.138 e. The van der Waals surface area contributed by atoms with Gasteiger partial charge in [-0.1, -0.05) is 0 Å². The average Bonchev–Trinajstić information content (AvgIpc) is 1.35. The van der Waals surface area contributed by atoms with Gasteiger partial charge >= 0.3 is 0 Å². The molecule has 1 N–H and O–H groups in total. The Kier molecular flexibility index (Phi) is 2.52. The van der Waals surface area contributed by atoms with Crippen molar-refractivity contribution in [3.8, 4) is 12.3 Å². The van der Waals surface area contributed by atoms with Crippen molar-refractivity contribution in [1.82, 2.24) is 0 Å². The molecule has 0 aliphatic rings. The molecule has 0 saturated heterocycles. The lowest BCUT2D eigenvalue weighted by Crippen LogP contribution is -3.05. The van der Waals surface area contributed by atoms with Crippen LogP contribution in [0.15, 0.2) is 0 Å². The van der Waals surface area contributed by atoms with Gasteiger partial charge in [-0.2, -0.15) is 0 Å². The molecular weight excluding hydrogens is 74.1 g/mol. The van der Waals surface area contributed by atoms with Crippen molar-refractivity contribution in [1.29, 1.82) is 0 Å². The van der Waals surface area contributed by atoms with Gasteiger partial charge < -0.3 is 4.90 Å². The van der Waals surface area contributed by atoms with E-state index in [1.54, 1.807) is 0 Å². The van der Waals surface area contributed by atoms with E-state index in [4.69, 9.17) is 6.42 Å². The van der Waals surface area contributed by atoms with Gasteiger partial charge in [0.05, 0.1) is 14.1 Å². The van der Waals surface area contributed by atoms with Crippen molar-refractivity contribution in [2.45, 2.75) is 0 Å². The molecule has 0 aliphatic heterocycles. The second-order valence-corrected chi connectivity index (χ2v) is 1.59. The first-order valence-corrected chi connectivity index (χ1v) is 2.00. The molecule has 0 rings (SSSR count). The summed E-state index contributed by atoms with van der Waals surface area (Å²) in [4.78, 5) is 1.30. The van der Waals surface area contributed by atoms with Crippen LogP contribution in [0.4, 0.5) is 0 Å². The Bertz CT molecular complexity index is 58.8. The highest BCUT2D eigenvalue weighted by Crippen LogP contribution is 1.29. The van der Waals surface area contributed by atoms with Crippen molar-refractivity contribution < 1.29 is 4.90 Å². The van der Waals surface area contributed by atoms with Crippen LogP contribution in [0.3, 0.4) is 0 Å². The maximum atomic E-state index is 4.96. The molecule has 0 amide bonds. The van der Waals surface area contributed by atoms with E-state index in [9.17, 15) is 0 Å². The number of hydrogen-bond acceptors (Lipinski definition) is 0. The van der Waals surface area contributed by atoms with Crippen LogP contribution in [-0.4, -0.2) is 20.6 Å². The first-order chi connectivity index (χ1) is 2.77. The molecule has 0 aromatic heterocycles. The minimum atomic E-state index is 0.819. The zero-order valence-electron chi connectivity index (χ0n) is 4.28. The van der Waals surface area contributed by atoms with Gasteiger partial charge in [-0.05, 0) is 5.92 Å². The highest BCUT2D eigenvalue weighted by atomic mass is 15.0. The predicted octanol–water partition coefficient (Wildman–Crippen LogP) is -1.24. The zero-order valence-corrected chi connectivity index (χ0v) is 4.28. The first kappa shape index (κ1) is 5.52. The maximum absolute atomic E-state index is 4.96. The lowest BCUT2D eigenvalue weighted by molar-refractivity contribution is -0.850. The summed E-state index contributed by atoms with van der Waals surface area (Å²) in [5.41, 5.74) is 0. The quantitative estimate of drug-likeness (QED) is 0.379. The predicted molar refractivity (Wildman–Crippen MR) is 26.5 cm³/mol. The molecule has 0 aromatic rings. The monoisotopic (exact) mass is 84.1 g/mol. The highest BCUT2D eigenvalue weighted by Gasteiger charge is 1.79. The summed E-state index contributed by atoms with van der Waals surface area (Å²) in [5, 5.41) is 0. The van der Waals surface area contributed by atoms with Crippen molar-refractivity contribution in [2.75, 3.05) is 20.6 Å². The van der Waals surface area contributed by atoms with Crippen molar-refractivity contribution in [3.05, 3.63) is 0 Å². The molecule has 1 nitrogen and oxygen atoms in total. The fourth-order valence-corrected chi connectivity index (χ4v) is 0.204. The molecule has 6 heavy (non-hydrogen) atoms. The lowest BCUT2D eigenvalue weighted by atomic mass is 10.6. The molecule has 0 radical (unpaired) electrons. The summed E-state index contributed by atoms with van der Waals surface area (Å²) >= 11 is 0. The van der Waals surface area contributed by atoms with E-state index in [1.807, 2.05) is 14.1 Å². The Hall–Kier alpha value is -0.480. The van der Waals surface area contributed by atoms with E-state index in [1.165, 1.54) is 4.90 Å². The van der Waals surface area contributed by atoms with Gasteiger partial charge in [-0.25, -0.2) is 0 Å². The summed E-state index contributed by atoms with van der Waals surface area (Å²) in [5.74, 6) is 2.53. The molecule has 0 saturated carbocycles. The molecule has 0 fully saturated rings. The topological polar surface area (TPSA) is 4.44 Å². The number of quaternary nitrogens is 1. The largest absolute Gasteiger partial charge is 0.330 e. The summed E-state index contributed by atoms with van der Waals surface area (Å²) in [6, 6.07) is 0. The number of nitrogens with one attached hydrogen (secondary N) is 1. The summed E-state index contributed by atoms with van der Waals surface area (Å²) in [7, 11) is 4.06. The van der Waals surface area contributed by atoms with Crippen LogP contribution in [0.2, 0.25) is 0 Å². The number of terminal acetylenes is 1. The third kappa shape index (κ3) is 3.52. The summed E-state index contributed by atoms with van der Waals surface area (Å²) < 4.78 is 0. The van der Waals surface area contributed by atoms with E-state index < -0.39 is 0 Å². The molecule has 0 aromatic carbocycles. The fraction of sp³-hybridized carbons (Fsp3) is 0.600. The van der Waals surface area contributed by atoms with Crippen molar-refractivity contribution in [2.24, 2.45) is 0 Å². The maximum Gasteiger partial charge on any atom is 0.138 e. The van der Waals surface area contributed by atoms with Crippen LogP contribution < -0.4 is 4.90 Å². The van der Waals surface area contributed by atoms with E-state index >= 15 is 0 Å². The van der Waals surface area contributed by atoms with Gasteiger partial charge in [0.15, 0.2) is 0 Å². The van der Waals surface area contributed by atoms with Crippen molar-refractivity contribution >= 4 is 0 Å². The van der Waals surface area contributed by atoms with Crippen LogP contribution in [0, 0.1) is 12.3 Å². The standard InChI is InChI=1S/C5H9N/c1-4-5-6(2)3/h1H,5H2,2-3H3/p+1. The Morgan fingerprint density at radius 1 is 1.67 bits per heavy atom. The van der Waals surface area contributed by atoms with E-state index in [-0.39, 0.29) is 0 Å². The second kappa shape index (κ2) is 2.74. The molecule has 0 bridgehead atoms. The number of rotatable bonds is 1. The van der Waals surface area contributed by atoms with Gasteiger partial charge in [-0.3, -0.25) is 0 Å². The van der Waals surface area contributed by atoms with Crippen LogP contribution in [0.25, 0.3) is 0 Å². The average molecular weight is 84.1 g/mol. The fourth-order valence-electron chi connectivity index (χ4n) is 0.204. The van der Waals surface area contributed by atoms with E-state index in [2.05, 4.69) is 5.92 Å². The first-order valence-electron chi connectivity index (χ1n) is 2.00. The van der Waals surface area contributed by atoms with Gasteiger partial charge in [-0.15, -0.1) is 6.42 Å². The molecule has 1 heteroatoms. The number of hydrogen-bond donors (Lipinski definition) is 1. The second-order valence-electron chi connectivity index (χ2n) is 1.59. The van der Waals surface area contributed by atoms with Crippen LogP contribution in [0.1, 0.15) is 0 Å². The minimum absolute atomic E-state index is 0.819. The minimum Gasteiger partial charge on any atom is -0.330 e. The Labute approximate surface area is 39.0 Å². The van der Waals surface area contributed by atoms with Gasteiger partial charge in [0.2, 0.25) is 0 Å². The van der Waals surface area contributed by atoms with Crippen LogP contribution >= 0.6 is 0 Å². The van der Waals surface area contributed by atoms with Gasteiger partial charge in [0.1, 0.15) is 6.54 Å². The highest BCUT2D eigenvalue weighted by molar-refractivity contribution is 4.81. The van der Waals surface area contributed by atoms with Gasteiger partial charge in [0, 0.05) is 0 Å². The summed E-state index contributed by atoms with van der Waals surface area (Å²) in [6.45, 7) is 0.819. The van der Waals surface area contributed by atoms with E-state index in [0.717, 1.165) is 6.54 Å².